The van der Waals surface area contributed by atoms with Crippen LogP contribution in [0.25, 0.3) is 5.57 Å². The van der Waals surface area contributed by atoms with Gasteiger partial charge in [0.15, 0.2) is 0 Å². The lowest BCUT2D eigenvalue weighted by atomic mass is 10.2. The van der Waals surface area contributed by atoms with Gasteiger partial charge in [0.1, 0.15) is 0 Å². The first kappa shape index (κ1) is 9.93. The molecule has 0 aliphatic rings. The maximum Gasteiger partial charge on any atom is 0.0956 e. The van der Waals surface area contributed by atoms with Crippen LogP contribution in [0, 0.1) is 0 Å². The van der Waals surface area contributed by atoms with Crippen LogP contribution < -0.4 is 0 Å². The van der Waals surface area contributed by atoms with E-state index in [1.165, 1.54) is 9.88 Å². The second-order valence-electron chi connectivity index (χ2n) is 2.95. The number of alkyl halides is 1. The van der Waals surface area contributed by atoms with Gasteiger partial charge in [0, 0.05) is 17.4 Å². The summed E-state index contributed by atoms with van der Waals surface area (Å²) in [6.45, 7) is 8.24. The predicted molar refractivity (Wildman–Crippen MR) is 59.0 cm³/mol. The molecule has 1 heterocycles. The van der Waals surface area contributed by atoms with Crippen LogP contribution in [0.2, 0.25) is 0 Å². The zero-order valence-corrected chi connectivity index (χ0v) is 9.70. The molecule has 1 aromatic rings. The van der Waals surface area contributed by atoms with Crippen molar-refractivity contribution in [2.24, 2.45) is 0 Å². The number of allylic oxidation sites excluding steroid dienone is 1. The van der Waals surface area contributed by atoms with Gasteiger partial charge >= 0.3 is 0 Å². The Bertz CT molecular complexity index is 278. The van der Waals surface area contributed by atoms with Crippen molar-refractivity contribution in [2.45, 2.75) is 19.8 Å². The molecular weight excluding hydrogens is 234 g/mol. The molecule has 12 heavy (non-hydrogen) atoms. The molecule has 1 aromatic heterocycles. The number of thiazole rings is 1. The van der Waals surface area contributed by atoms with E-state index in [2.05, 4.69) is 41.3 Å². The Balaban J connectivity index is 2.84. The molecule has 0 bridgehead atoms. The Labute approximate surface area is 85.7 Å². The molecule has 0 fully saturated rings. The van der Waals surface area contributed by atoms with Gasteiger partial charge in [0.25, 0.3) is 0 Å². The van der Waals surface area contributed by atoms with Crippen LogP contribution in [0.3, 0.4) is 0 Å². The van der Waals surface area contributed by atoms with E-state index in [4.69, 9.17) is 0 Å². The Hall–Kier alpha value is -0.150. The highest BCUT2D eigenvalue weighted by atomic mass is 79.9. The van der Waals surface area contributed by atoms with Crippen molar-refractivity contribution < 1.29 is 0 Å². The third kappa shape index (κ3) is 2.17. The fourth-order valence-electron chi connectivity index (χ4n) is 0.784. The molecule has 0 saturated carbocycles. The minimum Gasteiger partial charge on any atom is -0.249 e. The summed E-state index contributed by atoms with van der Waals surface area (Å²) in [7, 11) is 0. The molecule has 0 unspecified atom stereocenters. The monoisotopic (exact) mass is 245 g/mol. The Morgan fingerprint density at radius 1 is 1.75 bits per heavy atom. The molecule has 0 aliphatic heterocycles. The standard InChI is InChI=1S/C9H12BrNS/c1-6(2)9-11-5-8(12-9)7(3)4-10/h5-6H,3-4H2,1-2H3. The van der Waals surface area contributed by atoms with E-state index in [-0.39, 0.29) is 0 Å². The number of rotatable bonds is 3. The van der Waals surface area contributed by atoms with Crippen molar-refractivity contribution in [3.63, 3.8) is 0 Å². The van der Waals surface area contributed by atoms with Crippen molar-refractivity contribution in [1.82, 2.24) is 4.98 Å². The summed E-state index contributed by atoms with van der Waals surface area (Å²) in [5.74, 6) is 0.520. The molecule has 66 valence electrons. The smallest absolute Gasteiger partial charge is 0.0956 e. The van der Waals surface area contributed by atoms with Gasteiger partial charge in [-0.3, -0.25) is 0 Å². The maximum atomic E-state index is 4.32. The first-order valence-electron chi connectivity index (χ1n) is 3.85. The first-order valence-corrected chi connectivity index (χ1v) is 5.78. The molecule has 1 nitrogen and oxygen atoms in total. The molecule has 0 N–H and O–H groups in total. The van der Waals surface area contributed by atoms with Gasteiger partial charge in [0.05, 0.1) is 9.88 Å². The average Bonchev–Trinajstić information content (AvgIpc) is 2.51. The van der Waals surface area contributed by atoms with Crippen LogP contribution in [-0.2, 0) is 0 Å². The number of hydrogen-bond acceptors (Lipinski definition) is 2. The van der Waals surface area contributed by atoms with Gasteiger partial charge in [0.2, 0.25) is 0 Å². The van der Waals surface area contributed by atoms with Gasteiger partial charge < -0.3 is 0 Å². The SMILES string of the molecule is C=C(CBr)c1cnc(C(C)C)s1. The lowest BCUT2D eigenvalue weighted by Gasteiger charge is -1.96. The van der Waals surface area contributed by atoms with Crippen molar-refractivity contribution in [1.29, 1.82) is 0 Å². The second kappa shape index (κ2) is 4.19. The van der Waals surface area contributed by atoms with E-state index in [1.54, 1.807) is 11.3 Å². The van der Waals surface area contributed by atoms with E-state index in [0.717, 1.165) is 10.9 Å². The van der Waals surface area contributed by atoms with Crippen LogP contribution in [0.4, 0.5) is 0 Å². The highest BCUT2D eigenvalue weighted by Crippen LogP contribution is 2.26. The van der Waals surface area contributed by atoms with E-state index in [0.29, 0.717) is 5.92 Å². The Morgan fingerprint density at radius 2 is 2.42 bits per heavy atom. The fourth-order valence-corrected chi connectivity index (χ4v) is 2.16. The van der Waals surface area contributed by atoms with Crippen molar-refractivity contribution in [3.05, 3.63) is 22.7 Å². The van der Waals surface area contributed by atoms with Crippen molar-refractivity contribution >= 4 is 32.8 Å². The third-order valence-corrected chi connectivity index (χ3v) is 3.60. The molecule has 0 spiro atoms. The third-order valence-electron chi connectivity index (χ3n) is 1.53. The molecule has 0 aliphatic carbocycles. The zero-order valence-electron chi connectivity index (χ0n) is 7.30. The highest BCUT2D eigenvalue weighted by molar-refractivity contribution is 9.09. The summed E-state index contributed by atoms with van der Waals surface area (Å²) in [5.41, 5.74) is 1.11. The van der Waals surface area contributed by atoms with Crippen LogP contribution in [-0.4, -0.2) is 10.3 Å². The van der Waals surface area contributed by atoms with Gasteiger partial charge in [-0.15, -0.1) is 11.3 Å². The van der Waals surface area contributed by atoms with Gasteiger partial charge in [-0.05, 0) is 5.57 Å². The number of nitrogens with zero attached hydrogens (tertiary/aromatic N) is 1. The highest BCUT2D eigenvalue weighted by Gasteiger charge is 2.06. The van der Waals surface area contributed by atoms with E-state index in [1.807, 2.05) is 6.20 Å². The summed E-state index contributed by atoms with van der Waals surface area (Å²) in [6.07, 6.45) is 1.91. The molecular formula is C9H12BrNS. The van der Waals surface area contributed by atoms with Crippen LogP contribution in [0.15, 0.2) is 12.8 Å². The molecule has 1 rings (SSSR count). The Kier molecular flexibility index (Phi) is 3.47. The average molecular weight is 246 g/mol. The molecule has 0 amide bonds. The first-order chi connectivity index (χ1) is 5.65. The quantitative estimate of drug-likeness (QED) is 0.741. The molecule has 0 aromatic carbocycles. The zero-order chi connectivity index (χ0) is 9.14. The van der Waals surface area contributed by atoms with Crippen LogP contribution in [0.1, 0.15) is 29.7 Å². The predicted octanol–water partition coefficient (Wildman–Crippen LogP) is 3.67. The molecule has 3 heteroatoms. The maximum absolute atomic E-state index is 4.32. The van der Waals surface area contributed by atoms with E-state index < -0.39 is 0 Å². The topological polar surface area (TPSA) is 12.9 Å². The molecule has 0 radical (unpaired) electrons. The van der Waals surface area contributed by atoms with Gasteiger partial charge in [-0.25, -0.2) is 4.98 Å². The van der Waals surface area contributed by atoms with E-state index in [9.17, 15) is 0 Å². The number of halogens is 1. The normalized spacial score (nSPS) is 10.7. The van der Waals surface area contributed by atoms with E-state index >= 15 is 0 Å². The minimum absolute atomic E-state index is 0.520. The summed E-state index contributed by atoms with van der Waals surface area (Å²) in [6, 6.07) is 0. The minimum atomic E-state index is 0.520. The lowest BCUT2D eigenvalue weighted by Crippen LogP contribution is -1.81. The van der Waals surface area contributed by atoms with Crippen LogP contribution >= 0.6 is 27.3 Å². The molecule has 0 saturated heterocycles. The summed E-state index contributed by atoms with van der Waals surface area (Å²) >= 11 is 5.11. The summed E-state index contributed by atoms with van der Waals surface area (Å²) in [4.78, 5) is 5.51. The largest absolute Gasteiger partial charge is 0.249 e. The number of hydrogen-bond donors (Lipinski definition) is 0. The van der Waals surface area contributed by atoms with Gasteiger partial charge in [-0.1, -0.05) is 36.4 Å². The van der Waals surface area contributed by atoms with Crippen molar-refractivity contribution in [2.75, 3.05) is 5.33 Å². The lowest BCUT2D eigenvalue weighted by molar-refractivity contribution is 0.852. The van der Waals surface area contributed by atoms with Crippen molar-refractivity contribution in [3.8, 4) is 0 Å². The Morgan fingerprint density at radius 3 is 2.83 bits per heavy atom. The summed E-state index contributed by atoms with van der Waals surface area (Å²) in [5, 5.41) is 2.01. The summed E-state index contributed by atoms with van der Waals surface area (Å²) < 4.78 is 0. The van der Waals surface area contributed by atoms with Crippen LogP contribution in [0.5, 0.6) is 0 Å². The second-order valence-corrected chi connectivity index (χ2v) is 4.58. The van der Waals surface area contributed by atoms with Gasteiger partial charge in [-0.2, -0.15) is 0 Å². The fraction of sp³-hybridized carbons (Fsp3) is 0.444. The molecule has 0 atom stereocenters. The number of aromatic nitrogens is 1.